The molecule has 0 spiro atoms. The van der Waals surface area contributed by atoms with Gasteiger partial charge in [-0.05, 0) is 55.4 Å². The first-order chi connectivity index (χ1) is 25.3. The Kier molecular flexibility index (Phi) is 15.9. The number of aromatic amines is 1. The lowest BCUT2D eigenvalue weighted by Gasteiger charge is -2.39. The number of nitrogens with one attached hydrogen (secondary N) is 4. The lowest BCUT2D eigenvalue weighted by atomic mass is 9.80. The van der Waals surface area contributed by atoms with Crippen LogP contribution in [0.3, 0.4) is 0 Å². The maximum atomic E-state index is 14.3. The maximum absolute atomic E-state index is 14.3. The molecule has 1 saturated heterocycles. The smallest absolute Gasteiger partial charge is 0.243 e. The monoisotopic (exact) mass is 735 g/mol. The van der Waals surface area contributed by atoms with Crippen molar-refractivity contribution in [2.24, 2.45) is 23.2 Å². The molecule has 0 radical (unpaired) electrons. The Labute approximate surface area is 317 Å². The summed E-state index contributed by atoms with van der Waals surface area (Å²) in [5.74, 6) is -0.237. The van der Waals surface area contributed by atoms with Crippen LogP contribution in [0, 0.1) is 23.2 Å². The van der Waals surface area contributed by atoms with Crippen LogP contribution in [0.15, 0.2) is 42.9 Å². The van der Waals surface area contributed by atoms with Crippen molar-refractivity contribution in [2.75, 3.05) is 6.54 Å². The Morgan fingerprint density at radius 3 is 2.19 bits per heavy atom. The summed E-state index contributed by atoms with van der Waals surface area (Å²) in [5, 5.41) is 20.8. The summed E-state index contributed by atoms with van der Waals surface area (Å²) in [7, 11) is 0. The second kappa shape index (κ2) is 20.1. The number of piperidine rings is 1. The number of hydrogen-bond acceptors (Lipinski definition) is 6. The van der Waals surface area contributed by atoms with Gasteiger partial charge in [-0.15, -0.1) is 0 Å². The number of benzene rings is 1. The molecular weight excluding hydrogens is 668 g/mol. The van der Waals surface area contributed by atoms with E-state index >= 15 is 0 Å². The predicted octanol–water partition coefficient (Wildman–Crippen LogP) is 5.48. The van der Waals surface area contributed by atoms with Gasteiger partial charge in [-0.1, -0.05) is 110 Å². The van der Waals surface area contributed by atoms with E-state index in [2.05, 4.69) is 46.7 Å². The van der Waals surface area contributed by atoms with Crippen molar-refractivity contribution in [1.82, 2.24) is 30.8 Å². The van der Waals surface area contributed by atoms with Crippen LogP contribution in [-0.2, 0) is 32.0 Å². The van der Waals surface area contributed by atoms with E-state index in [-0.39, 0.29) is 24.7 Å². The molecule has 0 bridgehead atoms. The van der Waals surface area contributed by atoms with Crippen molar-refractivity contribution in [3.63, 3.8) is 0 Å². The van der Waals surface area contributed by atoms with Crippen LogP contribution in [-0.4, -0.2) is 80.4 Å². The van der Waals surface area contributed by atoms with Crippen LogP contribution >= 0.6 is 0 Å². The summed E-state index contributed by atoms with van der Waals surface area (Å²) in [6.45, 7) is 12.5. The number of hydrogen-bond donors (Lipinski definition) is 5. The van der Waals surface area contributed by atoms with E-state index in [1.54, 1.807) is 11.1 Å². The minimum Gasteiger partial charge on any atom is -0.391 e. The zero-order valence-corrected chi connectivity index (χ0v) is 33.0. The van der Waals surface area contributed by atoms with Crippen LogP contribution in [0.2, 0.25) is 0 Å². The largest absolute Gasteiger partial charge is 0.391 e. The van der Waals surface area contributed by atoms with E-state index in [0.29, 0.717) is 49.3 Å². The summed E-state index contributed by atoms with van der Waals surface area (Å²) < 4.78 is 0. The third kappa shape index (κ3) is 12.7. The van der Waals surface area contributed by atoms with Gasteiger partial charge in [0.25, 0.3) is 0 Å². The number of carbonyl (C=O) groups excluding carboxylic acids is 4. The van der Waals surface area contributed by atoms with E-state index in [1.807, 2.05) is 51.1 Å². The zero-order chi connectivity index (χ0) is 38.5. The van der Waals surface area contributed by atoms with Gasteiger partial charge in [0.1, 0.15) is 18.1 Å². The molecule has 4 rings (SSSR count). The molecule has 2 aliphatic rings. The molecule has 6 atom stereocenters. The molecule has 2 aromatic rings. The molecule has 1 aromatic heterocycles. The molecular formula is C42H66N6O5. The summed E-state index contributed by atoms with van der Waals surface area (Å²) in [4.78, 5) is 64.9. The summed E-state index contributed by atoms with van der Waals surface area (Å²) >= 11 is 0. The van der Waals surface area contributed by atoms with E-state index in [4.69, 9.17) is 0 Å². The normalized spacial score (nSPS) is 19.8. The predicted molar refractivity (Wildman–Crippen MR) is 207 cm³/mol. The lowest BCUT2D eigenvalue weighted by molar-refractivity contribution is -0.149. The SMILES string of the molecule is CC[C@@H](C[C@H](O)[C@H](CC1CCCCC1)NC(=O)[C@H](Cc1c[nH]cn1)NC(=O)[C@H](Cc1ccccc1)NC(=O)[C@H]1CCCCN1C(=O)C(C)(C)C)C(C)C. The Bertz CT molecular complexity index is 1440. The quantitative estimate of drug-likeness (QED) is 0.145. The number of H-pyrrole nitrogens is 1. The van der Waals surface area contributed by atoms with Crippen LogP contribution in [0.25, 0.3) is 0 Å². The van der Waals surface area contributed by atoms with Crippen molar-refractivity contribution in [2.45, 2.75) is 155 Å². The molecule has 0 unspecified atom stereocenters. The van der Waals surface area contributed by atoms with E-state index < -0.39 is 47.5 Å². The van der Waals surface area contributed by atoms with E-state index in [9.17, 15) is 24.3 Å². The highest BCUT2D eigenvalue weighted by Crippen LogP contribution is 2.30. The number of nitrogens with zero attached hydrogens (tertiary/aromatic N) is 2. The molecule has 53 heavy (non-hydrogen) atoms. The number of aliphatic hydroxyl groups is 1. The van der Waals surface area contributed by atoms with Crippen LogP contribution in [0.1, 0.15) is 123 Å². The molecule has 1 saturated carbocycles. The summed E-state index contributed by atoms with van der Waals surface area (Å²) in [6.07, 6.45) is 12.8. The van der Waals surface area contributed by atoms with Gasteiger partial charge in [0.05, 0.1) is 24.2 Å². The first-order valence-electron chi connectivity index (χ1n) is 20.2. The average Bonchev–Trinajstić information content (AvgIpc) is 3.66. The molecule has 11 nitrogen and oxygen atoms in total. The minimum absolute atomic E-state index is 0.0965. The van der Waals surface area contributed by atoms with Gasteiger partial charge in [0, 0.05) is 31.0 Å². The maximum Gasteiger partial charge on any atom is 0.243 e. The van der Waals surface area contributed by atoms with Crippen LogP contribution in [0.4, 0.5) is 0 Å². The number of aliphatic hydroxyl groups excluding tert-OH is 1. The Balaban J connectivity index is 1.58. The van der Waals surface area contributed by atoms with E-state index in [1.165, 1.54) is 12.7 Å². The fourth-order valence-electron chi connectivity index (χ4n) is 8.06. The van der Waals surface area contributed by atoms with E-state index in [0.717, 1.165) is 50.5 Å². The molecule has 4 amide bonds. The number of amides is 4. The second-order valence-corrected chi connectivity index (χ2v) is 16.9. The van der Waals surface area contributed by atoms with Gasteiger partial charge in [0.2, 0.25) is 23.6 Å². The lowest BCUT2D eigenvalue weighted by Crippen LogP contribution is -2.60. The van der Waals surface area contributed by atoms with Crippen molar-refractivity contribution in [1.29, 1.82) is 0 Å². The molecule has 2 fully saturated rings. The Morgan fingerprint density at radius 2 is 1.57 bits per heavy atom. The molecule has 1 aliphatic carbocycles. The standard InChI is InChI=1S/C42H66N6O5/c1-7-31(28(2)3)24-37(49)33(22-29-16-10-8-11-17-29)45-39(51)35(25-32-26-43-27-44-32)46-38(50)34(23-30-18-12-9-13-19-30)47-40(52)36-20-14-15-21-48(36)41(53)42(4,5)6/h9,12-13,18-19,26-29,31,33-37,49H,7-8,10-11,14-17,20-25H2,1-6H3,(H,43,44)(H,45,51)(H,46,50)(H,47,52)/t31-,33-,34-,35-,36+,37-/m0/s1. The van der Waals surface area contributed by atoms with Gasteiger partial charge in [-0.3, -0.25) is 19.2 Å². The van der Waals surface area contributed by atoms with Crippen LogP contribution in [0.5, 0.6) is 0 Å². The fourth-order valence-corrected chi connectivity index (χ4v) is 8.06. The molecule has 2 heterocycles. The van der Waals surface area contributed by atoms with Crippen molar-refractivity contribution in [3.05, 3.63) is 54.1 Å². The molecule has 1 aromatic carbocycles. The van der Waals surface area contributed by atoms with Gasteiger partial charge in [0.15, 0.2) is 0 Å². The van der Waals surface area contributed by atoms with Crippen molar-refractivity contribution < 1.29 is 24.3 Å². The highest BCUT2D eigenvalue weighted by molar-refractivity contribution is 5.95. The van der Waals surface area contributed by atoms with Crippen molar-refractivity contribution in [3.8, 4) is 0 Å². The third-order valence-corrected chi connectivity index (χ3v) is 11.3. The number of imidazole rings is 1. The fraction of sp³-hybridized carbons (Fsp3) is 0.690. The Morgan fingerprint density at radius 1 is 0.906 bits per heavy atom. The Hall–Kier alpha value is -3.73. The van der Waals surface area contributed by atoms with Gasteiger partial charge in [-0.2, -0.15) is 0 Å². The van der Waals surface area contributed by atoms with Gasteiger partial charge in [-0.25, -0.2) is 4.98 Å². The minimum atomic E-state index is -1.01. The molecule has 1 aliphatic heterocycles. The number of aromatic nitrogens is 2. The third-order valence-electron chi connectivity index (χ3n) is 11.3. The topological polar surface area (TPSA) is 157 Å². The number of likely N-dealkylation sites (tertiary alicyclic amines) is 1. The first kappa shape index (κ1) is 42.0. The summed E-state index contributed by atoms with van der Waals surface area (Å²) in [6, 6.07) is 6.27. The molecule has 5 N–H and O–H groups in total. The number of rotatable bonds is 17. The highest BCUT2D eigenvalue weighted by atomic mass is 16.3. The van der Waals surface area contributed by atoms with Crippen molar-refractivity contribution >= 4 is 23.6 Å². The zero-order valence-electron chi connectivity index (χ0n) is 33.0. The average molecular weight is 735 g/mol. The van der Waals surface area contributed by atoms with Gasteiger partial charge < -0.3 is 30.9 Å². The highest BCUT2D eigenvalue weighted by Gasteiger charge is 2.39. The second-order valence-electron chi connectivity index (χ2n) is 16.9. The van der Waals surface area contributed by atoms with Crippen LogP contribution < -0.4 is 16.0 Å². The first-order valence-corrected chi connectivity index (χ1v) is 20.2. The number of carbonyl (C=O) groups is 4. The van der Waals surface area contributed by atoms with Gasteiger partial charge >= 0.3 is 0 Å². The molecule has 294 valence electrons. The molecule has 11 heteroatoms. The summed E-state index contributed by atoms with van der Waals surface area (Å²) in [5.41, 5.74) is 0.791.